The van der Waals surface area contributed by atoms with Crippen molar-refractivity contribution in [3.05, 3.63) is 34.9 Å². The number of hydrogen-bond acceptors (Lipinski definition) is 2. The molecule has 0 spiro atoms. The lowest BCUT2D eigenvalue weighted by Gasteiger charge is -2.14. The summed E-state index contributed by atoms with van der Waals surface area (Å²) in [6.07, 6.45) is 2.09. The summed E-state index contributed by atoms with van der Waals surface area (Å²) in [5.41, 5.74) is 1.14. The number of rotatable bonds is 8. The number of sulfone groups is 1. The van der Waals surface area contributed by atoms with Crippen LogP contribution in [0.25, 0.3) is 0 Å². The second-order valence-electron chi connectivity index (χ2n) is 4.79. The van der Waals surface area contributed by atoms with Gasteiger partial charge < -0.3 is 0 Å². The Morgan fingerprint density at radius 3 is 2.32 bits per heavy atom. The molecule has 0 bridgehead atoms. The molecule has 1 aromatic rings. The van der Waals surface area contributed by atoms with Crippen LogP contribution >= 0.6 is 23.2 Å². The van der Waals surface area contributed by atoms with Crippen molar-refractivity contribution >= 4 is 33.0 Å². The molecule has 1 unspecified atom stereocenters. The molecule has 0 saturated heterocycles. The van der Waals surface area contributed by atoms with E-state index in [4.69, 9.17) is 23.2 Å². The molecule has 2 nitrogen and oxygen atoms in total. The molecule has 0 radical (unpaired) electrons. The first kappa shape index (κ1) is 16.8. The van der Waals surface area contributed by atoms with Crippen LogP contribution < -0.4 is 0 Å². The average molecular weight is 323 g/mol. The van der Waals surface area contributed by atoms with E-state index in [0.717, 1.165) is 12.0 Å². The van der Waals surface area contributed by atoms with Gasteiger partial charge in [-0.3, -0.25) is 0 Å². The predicted octanol–water partition coefficient (Wildman–Crippen LogP) is 3.95. The Labute approximate surface area is 126 Å². The van der Waals surface area contributed by atoms with Crippen molar-refractivity contribution in [2.24, 2.45) is 5.92 Å². The van der Waals surface area contributed by atoms with Crippen molar-refractivity contribution in [2.45, 2.75) is 26.2 Å². The molecule has 1 aromatic carbocycles. The maximum absolute atomic E-state index is 11.7. The molecule has 1 rings (SSSR count). The third kappa shape index (κ3) is 6.64. The smallest absolute Gasteiger partial charge is 0.150 e. The zero-order chi connectivity index (χ0) is 14.3. The van der Waals surface area contributed by atoms with Crippen molar-refractivity contribution in [3.8, 4) is 0 Å². The van der Waals surface area contributed by atoms with Crippen LogP contribution in [0.3, 0.4) is 0 Å². The van der Waals surface area contributed by atoms with Gasteiger partial charge in [-0.25, -0.2) is 8.42 Å². The summed E-state index contributed by atoms with van der Waals surface area (Å²) in [5.74, 6) is 1.16. The van der Waals surface area contributed by atoms with E-state index in [2.05, 4.69) is 0 Å². The zero-order valence-electron chi connectivity index (χ0n) is 11.1. The maximum Gasteiger partial charge on any atom is 0.150 e. The quantitative estimate of drug-likeness (QED) is 0.679. The first-order valence-corrected chi connectivity index (χ1v) is 9.21. The second-order valence-corrected chi connectivity index (χ2v) is 7.84. The van der Waals surface area contributed by atoms with Gasteiger partial charge in [0.05, 0.1) is 5.75 Å². The van der Waals surface area contributed by atoms with Gasteiger partial charge in [-0.1, -0.05) is 30.7 Å². The van der Waals surface area contributed by atoms with Gasteiger partial charge in [0.2, 0.25) is 0 Å². The lowest BCUT2D eigenvalue weighted by Crippen LogP contribution is -2.16. The van der Waals surface area contributed by atoms with Gasteiger partial charge in [0.15, 0.2) is 0 Å². The van der Waals surface area contributed by atoms with Crippen LogP contribution in [0.1, 0.15) is 25.3 Å². The molecule has 0 aliphatic rings. The minimum absolute atomic E-state index is 0.189. The zero-order valence-corrected chi connectivity index (χ0v) is 13.4. The Bertz CT molecular complexity index is 469. The summed E-state index contributed by atoms with van der Waals surface area (Å²) < 4.78 is 23.4. The highest BCUT2D eigenvalue weighted by Crippen LogP contribution is 2.17. The summed E-state index contributed by atoms with van der Waals surface area (Å²) in [7, 11) is -2.92. The summed E-state index contributed by atoms with van der Waals surface area (Å²) in [6.45, 7) is 1.88. The standard InChI is InChI=1S/C14H20Cl2O2S/c1-2-8-19(17,18)9-7-13(11-15)10-12-3-5-14(16)6-4-12/h3-6,13H,2,7-11H2,1H3. The Morgan fingerprint density at radius 1 is 1.16 bits per heavy atom. The molecule has 0 fully saturated rings. The SMILES string of the molecule is CCCS(=O)(=O)CCC(CCl)Cc1ccc(Cl)cc1. The van der Waals surface area contributed by atoms with Crippen molar-refractivity contribution in [2.75, 3.05) is 17.4 Å². The molecular formula is C14H20Cl2O2S. The number of benzene rings is 1. The first-order valence-electron chi connectivity index (χ1n) is 6.47. The first-order chi connectivity index (χ1) is 8.96. The molecule has 0 heterocycles. The van der Waals surface area contributed by atoms with E-state index in [0.29, 0.717) is 23.7 Å². The van der Waals surface area contributed by atoms with Crippen molar-refractivity contribution in [1.82, 2.24) is 0 Å². The van der Waals surface area contributed by atoms with Crippen molar-refractivity contribution < 1.29 is 8.42 Å². The Morgan fingerprint density at radius 2 is 1.79 bits per heavy atom. The van der Waals surface area contributed by atoms with Gasteiger partial charge in [-0.05, 0) is 42.9 Å². The molecule has 0 aliphatic carbocycles. The minimum atomic E-state index is -2.92. The highest BCUT2D eigenvalue weighted by Gasteiger charge is 2.15. The molecule has 19 heavy (non-hydrogen) atoms. The normalized spacial score (nSPS) is 13.4. The van der Waals surface area contributed by atoms with E-state index >= 15 is 0 Å². The van der Waals surface area contributed by atoms with E-state index in [1.54, 1.807) is 0 Å². The summed E-state index contributed by atoms with van der Waals surface area (Å²) in [4.78, 5) is 0. The molecule has 0 N–H and O–H groups in total. The van der Waals surface area contributed by atoms with E-state index in [1.165, 1.54) is 0 Å². The maximum atomic E-state index is 11.7. The van der Waals surface area contributed by atoms with Crippen LogP contribution in [-0.4, -0.2) is 25.8 Å². The van der Waals surface area contributed by atoms with Crippen molar-refractivity contribution in [1.29, 1.82) is 0 Å². The minimum Gasteiger partial charge on any atom is -0.229 e. The van der Waals surface area contributed by atoms with Gasteiger partial charge in [0, 0.05) is 16.7 Å². The number of hydrogen-bond donors (Lipinski definition) is 0. The lowest BCUT2D eigenvalue weighted by atomic mass is 9.99. The van der Waals surface area contributed by atoms with Crippen LogP contribution in [0.4, 0.5) is 0 Å². The van der Waals surface area contributed by atoms with E-state index in [9.17, 15) is 8.42 Å². The Hall–Kier alpha value is -0.250. The Balaban J connectivity index is 2.52. The third-order valence-corrected chi connectivity index (χ3v) is 5.58. The fraction of sp³-hybridized carbons (Fsp3) is 0.571. The van der Waals surface area contributed by atoms with Crippen LogP contribution in [0.2, 0.25) is 5.02 Å². The van der Waals surface area contributed by atoms with Gasteiger partial charge in [-0.15, -0.1) is 11.6 Å². The summed E-state index contributed by atoms with van der Waals surface area (Å²) in [6, 6.07) is 7.61. The Kier molecular flexibility index (Phi) is 7.19. The lowest BCUT2D eigenvalue weighted by molar-refractivity contribution is 0.547. The fourth-order valence-electron chi connectivity index (χ4n) is 1.95. The largest absolute Gasteiger partial charge is 0.229 e. The molecule has 0 saturated carbocycles. The average Bonchev–Trinajstić information content (AvgIpc) is 2.36. The molecular weight excluding hydrogens is 303 g/mol. The molecule has 0 amide bonds. The van der Waals surface area contributed by atoms with Crippen LogP contribution in [-0.2, 0) is 16.3 Å². The van der Waals surface area contributed by atoms with Gasteiger partial charge in [-0.2, -0.15) is 0 Å². The van der Waals surface area contributed by atoms with Gasteiger partial charge in [0.25, 0.3) is 0 Å². The number of halogens is 2. The van der Waals surface area contributed by atoms with Crippen molar-refractivity contribution in [3.63, 3.8) is 0 Å². The van der Waals surface area contributed by atoms with E-state index in [-0.39, 0.29) is 17.4 Å². The van der Waals surface area contributed by atoms with E-state index < -0.39 is 9.84 Å². The monoisotopic (exact) mass is 322 g/mol. The van der Waals surface area contributed by atoms with Gasteiger partial charge >= 0.3 is 0 Å². The van der Waals surface area contributed by atoms with Gasteiger partial charge in [0.1, 0.15) is 9.84 Å². The predicted molar refractivity (Wildman–Crippen MR) is 82.9 cm³/mol. The van der Waals surface area contributed by atoms with E-state index in [1.807, 2.05) is 31.2 Å². The van der Waals surface area contributed by atoms with Crippen LogP contribution in [0.5, 0.6) is 0 Å². The highest BCUT2D eigenvalue weighted by atomic mass is 35.5. The summed E-state index contributed by atoms with van der Waals surface area (Å²) >= 11 is 11.8. The fourth-order valence-corrected chi connectivity index (χ4v) is 3.85. The van der Waals surface area contributed by atoms with Crippen LogP contribution in [0.15, 0.2) is 24.3 Å². The topological polar surface area (TPSA) is 34.1 Å². The number of alkyl halides is 1. The highest BCUT2D eigenvalue weighted by molar-refractivity contribution is 7.91. The molecule has 0 aliphatic heterocycles. The molecule has 1 atom stereocenters. The molecule has 108 valence electrons. The second kappa shape index (κ2) is 8.13. The molecule has 0 aromatic heterocycles. The molecule has 5 heteroatoms. The summed E-state index contributed by atoms with van der Waals surface area (Å²) in [5, 5.41) is 0.705. The van der Waals surface area contributed by atoms with Crippen LogP contribution in [0, 0.1) is 5.92 Å². The third-order valence-electron chi connectivity index (χ3n) is 3.01.